The monoisotopic (exact) mass is 261 g/mol. The van der Waals surface area contributed by atoms with Crippen molar-refractivity contribution in [3.05, 3.63) is 0 Å². The van der Waals surface area contributed by atoms with E-state index in [1.54, 1.807) is 38.5 Å². The minimum Gasteiger partial charge on any atom is -0.328 e. The predicted octanol–water partition coefficient (Wildman–Crippen LogP) is 4.21. The molecule has 0 aromatic carbocycles. The Labute approximate surface area is 118 Å². The van der Waals surface area contributed by atoms with Crippen LogP contribution in [0.4, 0.5) is 0 Å². The first-order chi connectivity index (χ1) is 9.24. The van der Waals surface area contributed by atoms with Crippen LogP contribution in [0.3, 0.4) is 0 Å². The Morgan fingerprint density at radius 2 is 1.68 bits per heavy atom. The number of hydrogen-bond donors (Lipinski definition) is 1. The lowest BCUT2D eigenvalue weighted by Gasteiger charge is -2.59. The summed E-state index contributed by atoms with van der Waals surface area (Å²) in [7, 11) is 0. The third-order valence-electron chi connectivity index (χ3n) is 7.48. The molecule has 8 unspecified atom stereocenters. The molecule has 1 heteroatoms. The van der Waals surface area contributed by atoms with Crippen molar-refractivity contribution in [2.75, 3.05) is 0 Å². The van der Waals surface area contributed by atoms with Gasteiger partial charge in [0.1, 0.15) is 0 Å². The zero-order valence-electron chi connectivity index (χ0n) is 12.6. The molecule has 0 amide bonds. The standard InChI is InChI=1S/C18H31N/c1-2-15(19)10-14-6-12-5-13-4-3-11-7-16(13)18(9-12)17(14)8-11/h11-18H,2-10,19H2,1H3. The molecule has 8 atom stereocenters. The van der Waals surface area contributed by atoms with E-state index < -0.39 is 0 Å². The first-order valence-corrected chi connectivity index (χ1v) is 9.00. The van der Waals surface area contributed by atoms with Crippen molar-refractivity contribution in [1.82, 2.24) is 0 Å². The molecule has 4 rings (SSSR count). The topological polar surface area (TPSA) is 26.0 Å². The molecular weight excluding hydrogens is 230 g/mol. The highest BCUT2D eigenvalue weighted by atomic mass is 14.6. The van der Waals surface area contributed by atoms with Crippen LogP contribution in [0.1, 0.15) is 64.7 Å². The average molecular weight is 261 g/mol. The molecule has 0 radical (unpaired) electrons. The summed E-state index contributed by atoms with van der Waals surface area (Å²) in [5.41, 5.74) is 6.30. The zero-order chi connectivity index (χ0) is 13.0. The van der Waals surface area contributed by atoms with E-state index in [9.17, 15) is 0 Å². The number of nitrogens with two attached hydrogens (primary N) is 1. The van der Waals surface area contributed by atoms with Crippen LogP contribution in [-0.2, 0) is 0 Å². The van der Waals surface area contributed by atoms with Crippen molar-refractivity contribution in [3.63, 3.8) is 0 Å². The highest BCUT2D eigenvalue weighted by molar-refractivity contribution is 5.02. The summed E-state index contributed by atoms with van der Waals surface area (Å²) < 4.78 is 0. The molecule has 0 heterocycles. The quantitative estimate of drug-likeness (QED) is 0.809. The smallest absolute Gasteiger partial charge is 0.00389 e. The minimum atomic E-state index is 0.474. The predicted molar refractivity (Wildman–Crippen MR) is 79.6 cm³/mol. The van der Waals surface area contributed by atoms with Gasteiger partial charge in [0.25, 0.3) is 0 Å². The molecule has 108 valence electrons. The maximum atomic E-state index is 6.30. The number of rotatable bonds is 3. The fourth-order valence-corrected chi connectivity index (χ4v) is 6.69. The summed E-state index contributed by atoms with van der Waals surface area (Å²) in [6, 6.07) is 0.474. The molecule has 4 saturated carbocycles. The van der Waals surface area contributed by atoms with Gasteiger partial charge in [-0.2, -0.15) is 0 Å². The zero-order valence-corrected chi connectivity index (χ0v) is 12.6. The summed E-state index contributed by atoms with van der Waals surface area (Å²) in [6.07, 6.45) is 13.5. The molecule has 1 nitrogen and oxygen atoms in total. The highest BCUT2D eigenvalue weighted by Crippen LogP contribution is 2.61. The molecule has 4 fully saturated rings. The molecule has 2 N–H and O–H groups in total. The van der Waals surface area contributed by atoms with Crippen molar-refractivity contribution < 1.29 is 0 Å². The lowest BCUT2D eigenvalue weighted by atomic mass is 9.46. The molecule has 0 spiro atoms. The van der Waals surface area contributed by atoms with E-state index in [-0.39, 0.29) is 0 Å². The van der Waals surface area contributed by atoms with Crippen LogP contribution >= 0.6 is 0 Å². The number of fused-ring (bicyclic) bond motifs is 2. The van der Waals surface area contributed by atoms with Crippen molar-refractivity contribution in [2.24, 2.45) is 47.2 Å². The fraction of sp³-hybridized carbons (Fsp3) is 1.00. The van der Waals surface area contributed by atoms with Crippen molar-refractivity contribution in [2.45, 2.75) is 70.8 Å². The summed E-state index contributed by atoms with van der Waals surface area (Å²) in [4.78, 5) is 0. The van der Waals surface area contributed by atoms with E-state index in [0.29, 0.717) is 6.04 Å². The van der Waals surface area contributed by atoms with Gasteiger partial charge >= 0.3 is 0 Å². The van der Waals surface area contributed by atoms with Crippen LogP contribution in [-0.4, -0.2) is 6.04 Å². The number of hydrogen-bond acceptors (Lipinski definition) is 1. The maximum Gasteiger partial charge on any atom is 0.00389 e. The Balaban J connectivity index is 1.57. The van der Waals surface area contributed by atoms with Crippen molar-refractivity contribution in [1.29, 1.82) is 0 Å². The van der Waals surface area contributed by atoms with Gasteiger partial charge in [-0.15, -0.1) is 0 Å². The highest BCUT2D eigenvalue weighted by Gasteiger charge is 2.52. The van der Waals surface area contributed by atoms with E-state index in [1.165, 1.54) is 19.3 Å². The third-order valence-corrected chi connectivity index (χ3v) is 7.48. The van der Waals surface area contributed by atoms with Crippen LogP contribution in [0, 0.1) is 41.4 Å². The van der Waals surface area contributed by atoms with E-state index in [2.05, 4.69) is 6.92 Å². The van der Waals surface area contributed by atoms with E-state index in [4.69, 9.17) is 5.73 Å². The Kier molecular flexibility index (Phi) is 3.17. The van der Waals surface area contributed by atoms with Gasteiger partial charge in [-0.05, 0) is 92.8 Å². The fourth-order valence-electron chi connectivity index (χ4n) is 6.69. The Morgan fingerprint density at radius 1 is 0.895 bits per heavy atom. The van der Waals surface area contributed by atoms with Crippen LogP contribution in [0.2, 0.25) is 0 Å². The molecule has 4 aliphatic carbocycles. The second kappa shape index (κ2) is 4.76. The Bertz CT molecular complexity index is 337. The van der Waals surface area contributed by atoms with Crippen LogP contribution in [0.25, 0.3) is 0 Å². The Hall–Kier alpha value is -0.0400. The van der Waals surface area contributed by atoms with Gasteiger partial charge in [0.05, 0.1) is 0 Å². The minimum absolute atomic E-state index is 0.474. The molecule has 4 bridgehead atoms. The molecule has 0 aliphatic heterocycles. The summed E-state index contributed by atoms with van der Waals surface area (Å²) in [5.74, 6) is 7.61. The van der Waals surface area contributed by atoms with Gasteiger partial charge in [0.2, 0.25) is 0 Å². The van der Waals surface area contributed by atoms with Gasteiger partial charge in [-0.3, -0.25) is 0 Å². The van der Waals surface area contributed by atoms with Crippen LogP contribution < -0.4 is 5.73 Å². The van der Waals surface area contributed by atoms with Gasteiger partial charge in [-0.1, -0.05) is 13.3 Å². The molecule has 0 saturated heterocycles. The SMILES string of the molecule is CCC(N)CC1CC2CC3CCC4CC3C(C2)C1C4. The first kappa shape index (κ1) is 12.7. The molecule has 4 aliphatic rings. The summed E-state index contributed by atoms with van der Waals surface area (Å²) in [6.45, 7) is 2.26. The lowest BCUT2D eigenvalue weighted by Crippen LogP contribution is -2.51. The molecule has 0 aromatic heterocycles. The Morgan fingerprint density at radius 3 is 2.53 bits per heavy atom. The van der Waals surface area contributed by atoms with Crippen molar-refractivity contribution >= 4 is 0 Å². The van der Waals surface area contributed by atoms with Gasteiger partial charge in [-0.25, -0.2) is 0 Å². The molecule has 19 heavy (non-hydrogen) atoms. The summed E-state index contributed by atoms with van der Waals surface area (Å²) in [5, 5.41) is 0. The van der Waals surface area contributed by atoms with Crippen LogP contribution in [0.5, 0.6) is 0 Å². The third kappa shape index (κ3) is 2.07. The van der Waals surface area contributed by atoms with E-state index in [0.717, 1.165) is 41.4 Å². The average Bonchev–Trinajstić information content (AvgIpc) is 2.45. The van der Waals surface area contributed by atoms with Crippen LogP contribution in [0.15, 0.2) is 0 Å². The summed E-state index contributed by atoms with van der Waals surface area (Å²) >= 11 is 0. The lowest BCUT2D eigenvalue weighted by molar-refractivity contribution is -0.0933. The molecule has 0 aromatic rings. The second-order valence-corrected chi connectivity index (χ2v) is 8.40. The van der Waals surface area contributed by atoms with Gasteiger partial charge in [0, 0.05) is 6.04 Å². The van der Waals surface area contributed by atoms with E-state index in [1.807, 2.05) is 0 Å². The van der Waals surface area contributed by atoms with Crippen molar-refractivity contribution in [3.8, 4) is 0 Å². The normalized spacial score (nSPS) is 53.1. The largest absolute Gasteiger partial charge is 0.328 e. The van der Waals surface area contributed by atoms with Gasteiger partial charge < -0.3 is 5.73 Å². The van der Waals surface area contributed by atoms with E-state index >= 15 is 0 Å². The second-order valence-electron chi connectivity index (χ2n) is 8.40. The first-order valence-electron chi connectivity index (χ1n) is 9.00. The molecular formula is C18H31N. The van der Waals surface area contributed by atoms with Gasteiger partial charge in [0.15, 0.2) is 0 Å². The maximum absolute atomic E-state index is 6.30.